The van der Waals surface area contributed by atoms with Crippen LogP contribution in [0.15, 0.2) is 30.3 Å². The fourth-order valence-electron chi connectivity index (χ4n) is 4.34. The first kappa shape index (κ1) is 22.4. The number of carbonyl (C=O) groups excluding carboxylic acids is 3. The highest BCUT2D eigenvalue weighted by atomic mass is 16.7. The summed E-state index contributed by atoms with van der Waals surface area (Å²) in [5.74, 6) is -1.30. The molecule has 1 aromatic rings. The third-order valence-electron chi connectivity index (χ3n) is 5.87. The van der Waals surface area contributed by atoms with Crippen LogP contribution in [0.1, 0.15) is 46.1 Å². The van der Waals surface area contributed by atoms with Crippen molar-refractivity contribution in [2.45, 2.75) is 65.3 Å². The standard InChI is InChI=1S/C22H31N3O5/c1-5-17-20-18(25(15(4)26)21(17)27)11-12-24(20)30-22(28)19(14(2)3)23-29-13-16-9-7-6-8-10-16/h6-10,14,17-20,23H,5,11-13H2,1-4H3/t17-,18-,19-,20+/m0/s1. The Bertz CT molecular complexity index is 769. The molecule has 1 aromatic carbocycles. The van der Waals surface area contributed by atoms with Crippen LogP contribution in [0.5, 0.6) is 0 Å². The molecule has 2 heterocycles. The molecule has 8 nitrogen and oxygen atoms in total. The van der Waals surface area contributed by atoms with E-state index in [-0.39, 0.29) is 35.7 Å². The van der Waals surface area contributed by atoms with Gasteiger partial charge < -0.3 is 4.84 Å². The number of hydroxylamine groups is 3. The molecule has 164 valence electrons. The second-order valence-corrected chi connectivity index (χ2v) is 8.25. The van der Waals surface area contributed by atoms with Gasteiger partial charge in [-0.2, -0.15) is 5.48 Å². The highest BCUT2D eigenvalue weighted by Crippen LogP contribution is 2.38. The molecule has 0 bridgehead atoms. The van der Waals surface area contributed by atoms with Gasteiger partial charge in [0.2, 0.25) is 11.8 Å². The summed E-state index contributed by atoms with van der Waals surface area (Å²) in [6.45, 7) is 7.95. The zero-order valence-electron chi connectivity index (χ0n) is 18.0. The Hall–Kier alpha value is -2.29. The van der Waals surface area contributed by atoms with E-state index in [1.807, 2.05) is 51.1 Å². The molecule has 0 radical (unpaired) electrons. The number of carbonyl (C=O) groups is 3. The SMILES string of the molecule is CC[C@@H]1C(=O)N(C(C)=O)[C@H]2CCN(OC(=O)[C@@H](NOCc3ccccc3)C(C)C)[C@H]12. The topological polar surface area (TPSA) is 88.2 Å². The third kappa shape index (κ3) is 4.55. The molecule has 0 spiro atoms. The Morgan fingerprint density at radius 2 is 1.93 bits per heavy atom. The molecule has 30 heavy (non-hydrogen) atoms. The van der Waals surface area contributed by atoms with Crippen molar-refractivity contribution in [3.05, 3.63) is 35.9 Å². The van der Waals surface area contributed by atoms with E-state index in [0.717, 1.165) is 5.56 Å². The number of nitrogens with one attached hydrogen (secondary N) is 1. The first-order valence-electron chi connectivity index (χ1n) is 10.6. The van der Waals surface area contributed by atoms with Gasteiger partial charge in [-0.25, -0.2) is 4.79 Å². The molecule has 2 saturated heterocycles. The van der Waals surface area contributed by atoms with Crippen molar-refractivity contribution >= 4 is 17.8 Å². The number of fused-ring (bicyclic) bond motifs is 1. The summed E-state index contributed by atoms with van der Waals surface area (Å²) in [5, 5.41) is 1.59. The Balaban J connectivity index is 1.63. The van der Waals surface area contributed by atoms with E-state index < -0.39 is 12.0 Å². The largest absolute Gasteiger partial charge is 0.366 e. The normalized spacial score (nSPS) is 24.9. The fraction of sp³-hybridized carbons (Fsp3) is 0.591. The van der Waals surface area contributed by atoms with E-state index in [1.54, 1.807) is 5.06 Å². The number of hydrogen-bond acceptors (Lipinski definition) is 7. The van der Waals surface area contributed by atoms with E-state index in [9.17, 15) is 14.4 Å². The highest BCUT2D eigenvalue weighted by Gasteiger charge is 2.55. The van der Waals surface area contributed by atoms with Gasteiger partial charge in [0.25, 0.3) is 0 Å². The molecule has 0 aliphatic carbocycles. The lowest BCUT2D eigenvalue weighted by Gasteiger charge is -2.28. The number of likely N-dealkylation sites (tertiary alicyclic amines) is 1. The van der Waals surface area contributed by atoms with Crippen LogP contribution in [0, 0.1) is 11.8 Å². The van der Waals surface area contributed by atoms with E-state index in [4.69, 9.17) is 9.68 Å². The first-order chi connectivity index (χ1) is 14.3. The molecule has 2 aliphatic heterocycles. The average Bonchev–Trinajstić information content (AvgIpc) is 3.22. The van der Waals surface area contributed by atoms with Gasteiger partial charge in [0.05, 0.1) is 24.6 Å². The van der Waals surface area contributed by atoms with Crippen LogP contribution in [0.3, 0.4) is 0 Å². The Labute approximate surface area is 177 Å². The second kappa shape index (κ2) is 9.68. The zero-order valence-corrected chi connectivity index (χ0v) is 18.0. The van der Waals surface area contributed by atoms with E-state index in [2.05, 4.69) is 5.48 Å². The van der Waals surface area contributed by atoms with Gasteiger partial charge in [0, 0.05) is 13.5 Å². The minimum atomic E-state index is -0.658. The Morgan fingerprint density at radius 1 is 1.23 bits per heavy atom. The van der Waals surface area contributed by atoms with Crippen LogP contribution in [0.2, 0.25) is 0 Å². The third-order valence-corrected chi connectivity index (χ3v) is 5.87. The maximum Gasteiger partial charge on any atom is 0.344 e. The summed E-state index contributed by atoms with van der Waals surface area (Å²) < 4.78 is 0. The summed E-state index contributed by atoms with van der Waals surface area (Å²) in [4.78, 5) is 50.1. The fourth-order valence-corrected chi connectivity index (χ4v) is 4.34. The molecule has 4 atom stereocenters. The lowest BCUT2D eigenvalue weighted by atomic mass is 9.97. The predicted octanol–water partition coefficient (Wildman–Crippen LogP) is 2.05. The first-order valence-corrected chi connectivity index (χ1v) is 10.6. The van der Waals surface area contributed by atoms with Crippen molar-refractivity contribution in [3.8, 4) is 0 Å². The number of imide groups is 1. The summed E-state index contributed by atoms with van der Waals surface area (Å²) in [5.41, 5.74) is 3.82. The van der Waals surface area contributed by atoms with Crippen LogP contribution in [-0.4, -0.2) is 52.4 Å². The molecule has 3 rings (SSSR count). The van der Waals surface area contributed by atoms with Crippen molar-refractivity contribution in [3.63, 3.8) is 0 Å². The summed E-state index contributed by atoms with van der Waals surface area (Å²) >= 11 is 0. The maximum atomic E-state index is 12.9. The van der Waals surface area contributed by atoms with Crippen molar-refractivity contribution in [2.75, 3.05) is 6.54 Å². The summed E-state index contributed by atoms with van der Waals surface area (Å²) in [7, 11) is 0. The van der Waals surface area contributed by atoms with Gasteiger partial charge in [-0.15, -0.1) is 5.06 Å². The Kier molecular flexibility index (Phi) is 7.23. The lowest BCUT2D eigenvalue weighted by Crippen LogP contribution is -2.47. The van der Waals surface area contributed by atoms with Crippen LogP contribution >= 0.6 is 0 Å². The number of amides is 2. The van der Waals surface area contributed by atoms with Gasteiger partial charge in [0.15, 0.2) is 0 Å². The smallest absolute Gasteiger partial charge is 0.344 e. The lowest BCUT2D eigenvalue weighted by molar-refractivity contribution is -0.206. The molecule has 2 amide bonds. The molecule has 1 N–H and O–H groups in total. The quantitative estimate of drug-likeness (QED) is 0.648. The van der Waals surface area contributed by atoms with Crippen molar-refractivity contribution < 1.29 is 24.1 Å². The van der Waals surface area contributed by atoms with Gasteiger partial charge in [-0.1, -0.05) is 51.1 Å². The minimum absolute atomic E-state index is 0.0624. The number of nitrogens with zero attached hydrogens (tertiary/aromatic N) is 2. The average molecular weight is 418 g/mol. The van der Waals surface area contributed by atoms with E-state index in [1.165, 1.54) is 11.8 Å². The number of rotatable bonds is 8. The van der Waals surface area contributed by atoms with Crippen molar-refractivity contribution in [2.24, 2.45) is 11.8 Å². The molecule has 0 aromatic heterocycles. The Morgan fingerprint density at radius 3 is 2.53 bits per heavy atom. The number of hydrogen-bond donors (Lipinski definition) is 1. The van der Waals surface area contributed by atoms with Crippen LogP contribution in [-0.2, 0) is 30.7 Å². The highest BCUT2D eigenvalue weighted by molar-refractivity contribution is 5.98. The molecule has 2 aliphatic rings. The molecule has 0 unspecified atom stereocenters. The maximum absolute atomic E-state index is 12.9. The minimum Gasteiger partial charge on any atom is -0.366 e. The molecule has 2 fully saturated rings. The van der Waals surface area contributed by atoms with Crippen LogP contribution < -0.4 is 5.48 Å². The molecule has 0 saturated carbocycles. The second-order valence-electron chi connectivity index (χ2n) is 8.25. The molecular formula is C22H31N3O5. The molecular weight excluding hydrogens is 386 g/mol. The van der Waals surface area contributed by atoms with E-state index >= 15 is 0 Å². The monoisotopic (exact) mass is 417 g/mol. The summed E-state index contributed by atoms with van der Waals surface area (Å²) in [6, 6.07) is 8.46. The van der Waals surface area contributed by atoms with Crippen LogP contribution in [0.25, 0.3) is 0 Å². The number of benzene rings is 1. The van der Waals surface area contributed by atoms with Crippen LogP contribution in [0.4, 0.5) is 0 Å². The van der Waals surface area contributed by atoms with Gasteiger partial charge >= 0.3 is 5.97 Å². The zero-order chi connectivity index (χ0) is 21.8. The predicted molar refractivity (Wildman–Crippen MR) is 109 cm³/mol. The summed E-state index contributed by atoms with van der Waals surface area (Å²) in [6.07, 6.45) is 1.19. The van der Waals surface area contributed by atoms with Crippen molar-refractivity contribution in [1.82, 2.24) is 15.4 Å². The van der Waals surface area contributed by atoms with Crippen molar-refractivity contribution in [1.29, 1.82) is 0 Å². The van der Waals surface area contributed by atoms with Gasteiger partial charge in [-0.3, -0.25) is 19.3 Å². The van der Waals surface area contributed by atoms with Gasteiger partial charge in [0.1, 0.15) is 6.04 Å². The molecule has 8 heteroatoms. The van der Waals surface area contributed by atoms with E-state index in [0.29, 0.717) is 26.0 Å². The van der Waals surface area contributed by atoms with Gasteiger partial charge in [-0.05, 0) is 24.3 Å².